The van der Waals surface area contributed by atoms with Crippen molar-refractivity contribution in [2.45, 2.75) is 57.4 Å². The highest BCUT2D eigenvalue weighted by Gasteiger charge is 2.20. The lowest BCUT2D eigenvalue weighted by Gasteiger charge is -2.25. The van der Waals surface area contributed by atoms with Gasteiger partial charge >= 0.3 is 0 Å². The lowest BCUT2D eigenvalue weighted by atomic mass is 9.86. The average molecular weight is 330 g/mol. The Morgan fingerprint density at radius 2 is 1.82 bits per heavy atom. The minimum Gasteiger partial charge on any atom is -0.355 e. The van der Waals surface area contributed by atoms with Crippen molar-refractivity contribution >= 4 is 16.0 Å². The molecule has 2 rings (SSSR count). The first-order valence-electron chi connectivity index (χ1n) is 8.53. The molecule has 0 aromatic heterocycles. The van der Waals surface area contributed by atoms with Gasteiger partial charge < -0.3 is 10.6 Å². The van der Waals surface area contributed by atoms with Crippen LogP contribution in [0.1, 0.15) is 51.4 Å². The highest BCUT2D eigenvalue weighted by atomic mass is 32.2. The molecule has 2 saturated carbocycles. The Morgan fingerprint density at radius 3 is 2.41 bits per heavy atom. The van der Waals surface area contributed by atoms with Crippen molar-refractivity contribution in [2.75, 3.05) is 25.9 Å². The van der Waals surface area contributed by atoms with Crippen LogP contribution in [0.2, 0.25) is 0 Å². The van der Waals surface area contributed by atoms with E-state index < -0.39 is 10.0 Å². The van der Waals surface area contributed by atoms with Crippen LogP contribution in [0, 0.1) is 5.92 Å². The molecule has 0 heterocycles. The molecule has 0 spiro atoms. The van der Waals surface area contributed by atoms with Crippen molar-refractivity contribution in [3.05, 3.63) is 0 Å². The molecule has 128 valence electrons. The molecule has 0 aliphatic heterocycles. The van der Waals surface area contributed by atoms with Crippen LogP contribution in [0.25, 0.3) is 0 Å². The molecule has 7 heteroatoms. The van der Waals surface area contributed by atoms with E-state index in [2.05, 4.69) is 20.3 Å². The molecule has 0 amide bonds. The summed E-state index contributed by atoms with van der Waals surface area (Å²) in [5, 5.41) is 6.49. The fraction of sp³-hybridized carbons (Fsp3) is 0.933. The zero-order valence-electron chi connectivity index (χ0n) is 13.6. The Hall–Kier alpha value is -0.820. The van der Waals surface area contributed by atoms with E-state index in [4.69, 9.17) is 0 Å². The van der Waals surface area contributed by atoms with Gasteiger partial charge in [0.15, 0.2) is 5.96 Å². The SMILES string of the molecule is CN=C(NCCS(=O)(=O)NCC1CCC1)NC1CCCCC1. The van der Waals surface area contributed by atoms with Crippen molar-refractivity contribution in [3.63, 3.8) is 0 Å². The van der Waals surface area contributed by atoms with E-state index in [1.807, 2.05) is 0 Å². The smallest absolute Gasteiger partial charge is 0.213 e. The fourth-order valence-corrected chi connectivity index (χ4v) is 3.96. The van der Waals surface area contributed by atoms with Gasteiger partial charge in [0, 0.05) is 26.2 Å². The topological polar surface area (TPSA) is 82.6 Å². The molecule has 2 aliphatic rings. The molecule has 2 fully saturated rings. The van der Waals surface area contributed by atoms with Gasteiger partial charge in [0.1, 0.15) is 0 Å². The third kappa shape index (κ3) is 6.12. The third-order valence-electron chi connectivity index (χ3n) is 4.65. The van der Waals surface area contributed by atoms with Gasteiger partial charge in [-0.2, -0.15) is 0 Å². The maximum atomic E-state index is 11.9. The van der Waals surface area contributed by atoms with E-state index in [0.29, 0.717) is 31.0 Å². The number of hydrogen-bond donors (Lipinski definition) is 3. The van der Waals surface area contributed by atoms with Crippen molar-refractivity contribution in [1.29, 1.82) is 0 Å². The molecule has 2 aliphatic carbocycles. The summed E-state index contributed by atoms with van der Waals surface area (Å²) in [6, 6.07) is 0.466. The molecule has 3 N–H and O–H groups in total. The van der Waals surface area contributed by atoms with Crippen LogP contribution in [0.3, 0.4) is 0 Å². The quantitative estimate of drug-likeness (QED) is 0.484. The van der Waals surface area contributed by atoms with E-state index in [1.165, 1.54) is 38.5 Å². The largest absolute Gasteiger partial charge is 0.355 e. The lowest BCUT2D eigenvalue weighted by molar-refractivity contribution is 0.316. The van der Waals surface area contributed by atoms with Crippen LogP contribution >= 0.6 is 0 Å². The van der Waals surface area contributed by atoms with Crippen molar-refractivity contribution < 1.29 is 8.42 Å². The van der Waals surface area contributed by atoms with Gasteiger partial charge in [0.2, 0.25) is 10.0 Å². The van der Waals surface area contributed by atoms with Crippen LogP contribution in [-0.2, 0) is 10.0 Å². The number of nitrogens with zero attached hydrogens (tertiary/aromatic N) is 1. The number of aliphatic imine (C=N–C) groups is 1. The molecule has 0 aromatic rings. The molecule has 0 unspecified atom stereocenters. The fourth-order valence-electron chi connectivity index (χ4n) is 2.95. The van der Waals surface area contributed by atoms with Gasteiger partial charge in [-0.1, -0.05) is 25.7 Å². The molecule has 22 heavy (non-hydrogen) atoms. The summed E-state index contributed by atoms with van der Waals surface area (Å²) >= 11 is 0. The molecule has 0 radical (unpaired) electrons. The molecule has 0 saturated heterocycles. The molecule has 0 aromatic carbocycles. The Morgan fingerprint density at radius 1 is 1.09 bits per heavy atom. The van der Waals surface area contributed by atoms with Crippen LogP contribution < -0.4 is 15.4 Å². The summed E-state index contributed by atoms with van der Waals surface area (Å²) < 4.78 is 26.6. The van der Waals surface area contributed by atoms with E-state index in [9.17, 15) is 8.42 Å². The summed E-state index contributed by atoms with van der Waals surface area (Å²) in [6.07, 6.45) is 9.70. The van der Waals surface area contributed by atoms with Gasteiger partial charge in [0.05, 0.1) is 5.75 Å². The molecule has 6 nitrogen and oxygen atoms in total. The first-order valence-corrected chi connectivity index (χ1v) is 10.2. The van der Waals surface area contributed by atoms with Crippen molar-refractivity contribution in [3.8, 4) is 0 Å². The van der Waals surface area contributed by atoms with Crippen LogP contribution in [-0.4, -0.2) is 46.3 Å². The zero-order chi connectivity index (χ0) is 15.8. The van der Waals surface area contributed by atoms with Gasteiger partial charge in [-0.15, -0.1) is 0 Å². The van der Waals surface area contributed by atoms with E-state index >= 15 is 0 Å². The molecule has 0 bridgehead atoms. The number of hydrogen-bond acceptors (Lipinski definition) is 3. The maximum absolute atomic E-state index is 11.9. The second-order valence-corrected chi connectivity index (χ2v) is 8.37. The van der Waals surface area contributed by atoms with E-state index in [1.54, 1.807) is 7.05 Å². The number of rotatable bonds is 7. The first kappa shape index (κ1) is 17.5. The van der Waals surface area contributed by atoms with Gasteiger partial charge in [-0.3, -0.25) is 4.99 Å². The highest BCUT2D eigenvalue weighted by Crippen LogP contribution is 2.25. The minimum absolute atomic E-state index is 0.0884. The zero-order valence-corrected chi connectivity index (χ0v) is 14.4. The van der Waals surface area contributed by atoms with Crippen LogP contribution in [0.5, 0.6) is 0 Å². The monoisotopic (exact) mass is 330 g/mol. The Bertz CT molecular complexity index is 454. The number of sulfonamides is 1. The summed E-state index contributed by atoms with van der Waals surface area (Å²) in [5.74, 6) is 1.34. The summed E-state index contributed by atoms with van der Waals surface area (Å²) in [4.78, 5) is 4.18. The standard InChI is InChI=1S/C15H30N4O2S/c1-16-15(19-14-8-3-2-4-9-14)17-10-11-22(20,21)18-12-13-6-5-7-13/h13-14,18H,2-12H2,1H3,(H2,16,17,19). The maximum Gasteiger partial charge on any atom is 0.213 e. The Balaban J connectivity index is 1.64. The van der Waals surface area contributed by atoms with Crippen LogP contribution in [0.4, 0.5) is 0 Å². The molecular formula is C15H30N4O2S. The number of guanidine groups is 1. The predicted molar refractivity (Wildman–Crippen MR) is 90.5 cm³/mol. The summed E-state index contributed by atoms with van der Waals surface area (Å²) in [7, 11) is -1.46. The number of nitrogens with one attached hydrogen (secondary N) is 3. The average Bonchev–Trinajstić information content (AvgIpc) is 2.45. The predicted octanol–water partition coefficient (Wildman–Crippen LogP) is 1.20. The van der Waals surface area contributed by atoms with Crippen LogP contribution in [0.15, 0.2) is 4.99 Å². The Kier molecular flexibility index (Phi) is 6.95. The van der Waals surface area contributed by atoms with Gasteiger partial charge in [-0.05, 0) is 31.6 Å². The highest BCUT2D eigenvalue weighted by molar-refractivity contribution is 7.89. The summed E-state index contributed by atoms with van der Waals surface area (Å²) in [6.45, 7) is 0.976. The second kappa shape index (κ2) is 8.72. The van der Waals surface area contributed by atoms with Gasteiger partial charge in [-0.25, -0.2) is 13.1 Å². The summed E-state index contributed by atoms with van der Waals surface area (Å²) in [5.41, 5.74) is 0. The first-order chi connectivity index (χ1) is 10.6. The van der Waals surface area contributed by atoms with Crippen molar-refractivity contribution in [2.24, 2.45) is 10.9 Å². The third-order valence-corrected chi connectivity index (χ3v) is 6.00. The second-order valence-electron chi connectivity index (χ2n) is 6.44. The molecule has 0 atom stereocenters. The minimum atomic E-state index is -3.19. The molecular weight excluding hydrogens is 300 g/mol. The normalized spacial score (nSPS) is 21.4. The van der Waals surface area contributed by atoms with E-state index in [0.717, 1.165) is 12.8 Å². The van der Waals surface area contributed by atoms with E-state index in [-0.39, 0.29) is 5.75 Å². The van der Waals surface area contributed by atoms with Gasteiger partial charge in [0.25, 0.3) is 0 Å². The Labute approximate surface area is 134 Å². The lowest BCUT2D eigenvalue weighted by Crippen LogP contribution is -2.46. The van der Waals surface area contributed by atoms with Crippen molar-refractivity contribution in [1.82, 2.24) is 15.4 Å².